The molecule has 0 atom stereocenters. The third-order valence-corrected chi connectivity index (χ3v) is 5.18. The zero-order valence-corrected chi connectivity index (χ0v) is 14.2. The molecule has 1 N–H and O–H groups in total. The van der Waals surface area contributed by atoms with Gasteiger partial charge in [-0.15, -0.1) is 0 Å². The van der Waals surface area contributed by atoms with Crippen LogP contribution in [0.15, 0.2) is 24.3 Å². The Morgan fingerprint density at radius 3 is 2.42 bits per heavy atom. The van der Waals surface area contributed by atoms with Gasteiger partial charge in [0.15, 0.2) is 0 Å². The number of hydrogen-bond donors (Lipinski definition) is 1. The number of nitrogens with one attached hydrogen (secondary N) is 1. The summed E-state index contributed by atoms with van der Waals surface area (Å²) in [5.74, 6) is 0.877. The summed E-state index contributed by atoms with van der Waals surface area (Å²) in [5.41, 5.74) is 1.66. The van der Waals surface area contributed by atoms with E-state index in [1.807, 2.05) is 17.0 Å². The maximum atomic E-state index is 12.3. The van der Waals surface area contributed by atoms with Crippen LogP contribution in [0.5, 0.6) is 0 Å². The van der Waals surface area contributed by atoms with Gasteiger partial charge in [0, 0.05) is 39.3 Å². The molecule has 1 saturated carbocycles. The van der Waals surface area contributed by atoms with Crippen molar-refractivity contribution in [2.75, 3.05) is 32.7 Å². The van der Waals surface area contributed by atoms with Gasteiger partial charge in [0.25, 0.3) is 0 Å². The fourth-order valence-corrected chi connectivity index (χ4v) is 3.68. The number of rotatable bonds is 4. The third kappa shape index (κ3) is 4.48. The molecule has 0 unspecified atom stereocenters. The molecule has 0 spiro atoms. The van der Waals surface area contributed by atoms with Crippen LogP contribution in [0.25, 0.3) is 0 Å². The summed E-state index contributed by atoms with van der Waals surface area (Å²) in [6.45, 7) is 5.31. The molecule has 1 aliphatic heterocycles. The number of nitriles is 1. The molecule has 2 aliphatic rings. The molecule has 1 heterocycles. The second-order valence-electron chi connectivity index (χ2n) is 6.91. The summed E-state index contributed by atoms with van der Waals surface area (Å²) < 4.78 is 0. The summed E-state index contributed by atoms with van der Waals surface area (Å²) in [5, 5.41) is 11.8. The molecule has 24 heavy (non-hydrogen) atoms. The highest BCUT2D eigenvalue weighted by Crippen LogP contribution is 2.25. The quantitative estimate of drug-likeness (QED) is 0.925. The minimum absolute atomic E-state index is 0.0138. The number of urea groups is 1. The highest BCUT2D eigenvalue weighted by Gasteiger charge is 2.24. The molecule has 1 aromatic rings. The van der Waals surface area contributed by atoms with Gasteiger partial charge in [-0.3, -0.25) is 4.90 Å². The lowest BCUT2D eigenvalue weighted by Crippen LogP contribution is -2.52. The zero-order valence-electron chi connectivity index (χ0n) is 14.2. The fraction of sp³-hybridized carbons (Fsp3) is 0.579. The molecule has 2 fully saturated rings. The van der Waals surface area contributed by atoms with Crippen molar-refractivity contribution >= 4 is 6.03 Å². The van der Waals surface area contributed by atoms with Crippen molar-refractivity contribution in [2.45, 2.75) is 32.2 Å². The second kappa shape index (κ2) is 8.16. The van der Waals surface area contributed by atoms with Crippen LogP contribution in [-0.2, 0) is 6.54 Å². The van der Waals surface area contributed by atoms with E-state index >= 15 is 0 Å². The minimum atomic E-state index is 0.0138. The molecule has 0 radical (unpaired) electrons. The number of piperazine rings is 1. The van der Waals surface area contributed by atoms with Crippen molar-refractivity contribution in [1.82, 2.24) is 15.1 Å². The van der Waals surface area contributed by atoms with E-state index in [-0.39, 0.29) is 6.03 Å². The van der Waals surface area contributed by atoms with Crippen LogP contribution in [0.1, 0.15) is 36.8 Å². The first-order valence-corrected chi connectivity index (χ1v) is 8.99. The van der Waals surface area contributed by atoms with Crippen LogP contribution in [0.2, 0.25) is 0 Å². The van der Waals surface area contributed by atoms with Gasteiger partial charge in [-0.25, -0.2) is 4.79 Å². The average Bonchev–Trinajstić information content (AvgIpc) is 3.14. The normalized spacial score (nSPS) is 19.2. The fourth-order valence-electron chi connectivity index (χ4n) is 3.68. The van der Waals surface area contributed by atoms with Gasteiger partial charge in [-0.05, 0) is 36.5 Å². The van der Waals surface area contributed by atoms with Crippen LogP contribution >= 0.6 is 0 Å². The van der Waals surface area contributed by atoms with E-state index in [9.17, 15) is 4.79 Å². The molecule has 0 bridgehead atoms. The average molecular weight is 326 g/mol. The summed E-state index contributed by atoms with van der Waals surface area (Å²) in [7, 11) is 0. The lowest BCUT2D eigenvalue weighted by atomic mass is 10.1. The molecule has 5 heteroatoms. The predicted octanol–water partition coefficient (Wildman–Crippen LogP) is 2.58. The Morgan fingerprint density at radius 1 is 1.12 bits per heavy atom. The van der Waals surface area contributed by atoms with E-state index in [0.29, 0.717) is 12.1 Å². The molecule has 3 rings (SSSR count). The standard InChI is InChI=1S/C19H26N4O/c20-13-16-5-7-17(8-6-16)14-21-19(24)23-11-9-22(10-12-23)15-18-3-1-2-4-18/h5-8,18H,1-4,9-12,14-15H2,(H,21,24). The van der Waals surface area contributed by atoms with Crippen molar-refractivity contribution < 1.29 is 4.79 Å². The largest absolute Gasteiger partial charge is 0.334 e. The number of carbonyl (C=O) groups excluding carboxylic acids is 1. The van der Waals surface area contributed by atoms with Crippen LogP contribution in [0, 0.1) is 17.2 Å². The summed E-state index contributed by atoms with van der Waals surface area (Å²) >= 11 is 0. The van der Waals surface area contributed by atoms with Crippen LogP contribution < -0.4 is 5.32 Å². The van der Waals surface area contributed by atoms with Crippen molar-refractivity contribution in [1.29, 1.82) is 5.26 Å². The lowest BCUT2D eigenvalue weighted by Gasteiger charge is -2.35. The minimum Gasteiger partial charge on any atom is -0.334 e. The van der Waals surface area contributed by atoms with Gasteiger partial charge in [0.2, 0.25) is 0 Å². The second-order valence-corrected chi connectivity index (χ2v) is 6.91. The molecule has 128 valence electrons. The first kappa shape index (κ1) is 16.8. The van der Waals surface area contributed by atoms with Crippen molar-refractivity contribution in [3.05, 3.63) is 35.4 Å². The predicted molar refractivity (Wildman–Crippen MR) is 93.4 cm³/mol. The van der Waals surface area contributed by atoms with E-state index in [1.165, 1.54) is 32.2 Å². The molecular weight excluding hydrogens is 300 g/mol. The number of hydrogen-bond acceptors (Lipinski definition) is 3. The van der Waals surface area contributed by atoms with Gasteiger partial charge < -0.3 is 10.2 Å². The van der Waals surface area contributed by atoms with Crippen LogP contribution in [-0.4, -0.2) is 48.6 Å². The monoisotopic (exact) mass is 326 g/mol. The van der Waals surface area contributed by atoms with E-state index in [0.717, 1.165) is 37.7 Å². The highest BCUT2D eigenvalue weighted by molar-refractivity contribution is 5.74. The smallest absolute Gasteiger partial charge is 0.317 e. The number of amides is 2. The van der Waals surface area contributed by atoms with Gasteiger partial charge in [0.1, 0.15) is 0 Å². The van der Waals surface area contributed by atoms with Crippen molar-refractivity contribution in [3.8, 4) is 6.07 Å². The Kier molecular flexibility index (Phi) is 5.71. The molecule has 1 saturated heterocycles. The van der Waals surface area contributed by atoms with Gasteiger partial charge >= 0.3 is 6.03 Å². The Balaban J connectivity index is 1.39. The van der Waals surface area contributed by atoms with E-state index in [2.05, 4.69) is 16.3 Å². The van der Waals surface area contributed by atoms with Crippen molar-refractivity contribution in [3.63, 3.8) is 0 Å². The van der Waals surface area contributed by atoms with Gasteiger partial charge in [-0.1, -0.05) is 25.0 Å². The summed E-state index contributed by atoms with van der Waals surface area (Å²) in [6, 6.07) is 9.45. The summed E-state index contributed by atoms with van der Waals surface area (Å²) in [6.07, 6.45) is 5.54. The van der Waals surface area contributed by atoms with E-state index in [4.69, 9.17) is 5.26 Å². The maximum Gasteiger partial charge on any atom is 0.317 e. The SMILES string of the molecule is N#Cc1ccc(CNC(=O)N2CCN(CC3CCCC3)CC2)cc1. The topological polar surface area (TPSA) is 59.4 Å². The first-order chi connectivity index (χ1) is 11.7. The molecule has 1 aliphatic carbocycles. The zero-order chi connectivity index (χ0) is 16.8. The first-order valence-electron chi connectivity index (χ1n) is 8.99. The molecule has 1 aromatic carbocycles. The Morgan fingerprint density at radius 2 is 1.79 bits per heavy atom. The van der Waals surface area contributed by atoms with Gasteiger partial charge in [-0.2, -0.15) is 5.26 Å². The molecule has 5 nitrogen and oxygen atoms in total. The highest BCUT2D eigenvalue weighted by atomic mass is 16.2. The summed E-state index contributed by atoms with van der Waals surface area (Å²) in [4.78, 5) is 16.7. The molecule has 2 amide bonds. The third-order valence-electron chi connectivity index (χ3n) is 5.18. The molecule has 0 aromatic heterocycles. The van der Waals surface area contributed by atoms with Crippen LogP contribution in [0.3, 0.4) is 0 Å². The Hall–Kier alpha value is -2.06. The van der Waals surface area contributed by atoms with E-state index in [1.54, 1.807) is 12.1 Å². The number of benzene rings is 1. The number of nitrogens with zero attached hydrogens (tertiary/aromatic N) is 3. The Labute approximate surface area is 144 Å². The maximum absolute atomic E-state index is 12.3. The number of carbonyl (C=O) groups is 1. The van der Waals surface area contributed by atoms with Crippen LogP contribution in [0.4, 0.5) is 4.79 Å². The lowest BCUT2D eigenvalue weighted by molar-refractivity contribution is 0.127. The van der Waals surface area contributed by atoms with Crippen molar-refractivity contribution in [2.24, 2.45) is 5.92 Å². The van der Waals surface area contributed by atoms with E-state index < -0.39 is 0 Å². The molecular formula is C19H26N4O. The Bertz CT molecular complexity index is 578. The van der Waals surface area contributed by atoms with Gasteiger partial charge in [0.05, 0.1) is 11.6 Å².